The zero-order chi connectivity index (χ0) is 14.8. The minimum absolute atomic E-state index is 0.884. The van der Waals surface area contributed by atoms with Crippen molar-refractivity contribution in [2.75, 3.05) is 0 Å². The Bertz CT molecular complexity index is 356. The van der Waals surface area contributed by atoms with Crippen LogP contribution < -0.4 is 0 Å². The van der Waals surface area contributed by atoms with Crippen LogP contribution in [0.1, 0.15) is 82.6 Å². The summed E-state index contributed by atoms with van der Waals surface area (Å²) in [5.74, 6) is 0.884. The molecule has 0 amide bonds. The fourth-order valence-corrected chi connectivity index (χ4v) is 4.67. The van der Waals surface area contributed by atoms with Gasteiger partial charge in [-0.15, -0.1) is 11.3 Å². The SMILES string of the molecule is CCCCCCc1cc(Br)sc1CC(CC)CCCC. The van der Waals surface area contributed by atoms with E-state index in [0.717, 1.165) is 5.92 Å². The Kier molecular flexibility index (Phi) is 9.88. The molecule has 1 heterocycles. The maximum absolute atomic E-state index is 3.69. The Hall–Kier alpha value is 0.180. The number of hydrogen-bond acceptors (Lipinski definition) is 1. The Morgan fingerprint density at radius 2 is 1.80 bits per heavy atom. The maximum Gasteiger partial charge on any atom is 0.0704 e. The fraction of sp³-hybridized carbons (Fsp3) is 0.778. The molecular formula is C18H31BrS. The predicted octanol–water partition coefficient (Wildman–Crippen LogP) is 7.39. The molecule has 1 aromatic heterocycles. The molecule has 20 heavy (non-hydrogen) atoms. The van der Waals surface area contributed by atoms with Crippen LogP contribution in [0.15, 0.2) is 9.85 Å². The number of hydrogen-bond donors (Lipinski definition) is 0. The van der Waals surface area contributed by atoms with Gasteiger partial charge in [0.25, 0.3) is 0 Å². The maximum atomic E-state index is 3.69. The lowest BCUT2D eigenvalue weighted by atomic mass is 9.93. The normalized spacial score (nSPS) is 12.8. The monoisotopic (exact) mass is 358 g/mol. The molecule has 0 bridgehead atoms. The van der Waals surface area contributed by atoms with Gasteiger partial charge in [0.2, 0.25) is 0 Å². The van der Waals surface area contributed by atoms with Gasteiger partial charge >= 0.3 is 0 Å². The largest absolute Gasteiger partial charge is 0.133 e. The molecule has 0 N–H and O–H groups in total. The average Bonchev–Trinajstić information content (AvgIpc) is 2.79. The molecule has 0 aliphatic carbocycles. The summed E-state index contributed by atoms with van der Waals surface area (Å²) < 4.78 is 1.32. The van der Waals surface area contributed by atoms with Crippen molar-refractivity contribution in [3.8, 4) is 0 Å². The second kappa shape index (κ2) is 10.8. The fourth-order valence-electron chi connectivity index (χ4n) is 2.76. The standard InChI is InChI=1S/C18H31BrS/c1-4-7-9-10-12-16-14-18(19)20-17(16)13-15(6-3)11-8-5-2/h14-15H,4-13H2,1-3H3. The number of unbranched alkanes of at least 4 members (excludes halogenated alkanes) is 4. The van der Waals surface area contributed by atoms with Crippen LogP contribution in [0.4, 0.5) is 0 Å². The van der Waals surface area contributed by atoms with Crippen molar-refractivity contribution in [1.29, 1.82) is 0 Å². The highest BCUT2D eigenvalue weighted by Crippen LogP contribution is 2.32. The van der Waals surface area contributed by atoms with Crippen molar-refractivity contribution in [2.24, 2.45) is 5.92 Å². The van der Waals surface area contributed by atoms with Crippen LogP contribution in [0.25, 0.3) is 0 Å². The molecule has 2 heteroatoms. The molecule has 0 nitrogen and oxygen atoms in total. The molecule has 116 valence electrons. The van der Waals surface area contributed by atoms with E-state index in [1.165, 1.54) is 68.0 Å². The van der Waals surface area contributed by atoms with Crippen molar-refractivity contribution in [3.05, 3.63) is 20.3 Å². The number of rotatable bonds is 11. The molecule has 1 rings (SSSR count). The predicted molar refractivity (Wildman–Crippen MR) is 96.9 cm³/mol. The van der Waals surface area contributed by atoms with Crippen molar-refractivity contribution in [1.82, 2.24) is 0 Å². The van der Waals surface area contributed by atoms with E-state index < -0.39 is 0 Å². The third kappa shape index (κ3) is 6.76. The number of halogens is 1. The second-order valence-electron chi connectivity index (χ2n) is 5.93. The lowest BCUT2D eigenvalue weighted by molar-refractivity contribution is 0.450. The zero-order valence-corrected chi connectivity index (χ0v) is 15.9. The Morgan fingerprint density at radius 3 is 2.45 bits per heavy atom. The first kappa shape index (κ1) is 18.2. The minimum atomic E-state index is 0.884. The van der Waals surface area contributed by atoms with Gasteiger partial charge in [-0.3, -0.25) is 0 Å². The van der Waals surface area contributed by atoms with Crippen LogP contribution in [0, 0.1) is 5.92 Å². The molecule has 1 aromatic rings. The summed E-state index contributed by atoms with van der Waals surface area (Å²) in [6, 6.07) is 2.37. The Morgan fingerprint density at radius 1 is 1.05 bits per heavy atom. The van der Waals surface area contributed by atoms with Gasteiger partial charge in [0, 0.05) is 4.88 Å². The molecule has 1 atom stereocenters. The molecule has 0 aliphatic rings. The number of thiophene rings is 1. The highest BCUT2D eigenvalue weighted by atomic mass is 79.9. The van der Waals surface area contributed by atoms with Gasteiger partial charge in [-0.25, -0.2) is 0 Å². The van der Waals surface area contributed by atoms with Gasteiger partial charge in [-0.05, 0) is 52.7 Å². The molecule has 0 fully saturated rings. The van der Waals surface area contributed by atoms with E-state index in [1.54, 1.807) is 10.4 Å². The Labute approximate surface area is 138 Å². The van der Waals surface area contributed by atoms with Crippen molar-refractivity contribution in [2.45, 2.75) is 85.0 Å². The Balaban J connectivity index is 2.54. The van der Waals surface area contributed by atoms with Gasteiger partial charge in [0.15, 0.2) is 0 Å². The molecule has 1 unspecified atom stereocenters. The van der Waals surface area contributed by atoms with Crippen LogP contribution in [-0.2, 0) is 12.8 Å². The van der Waals surface area contributed by atoms with Crippen LogP contribution >= 0.6 is 27.3 Å². The third-order valence-electron chi connectivity index (χ3n) is 4.18. The van der Waals surface area contributed by atoms with Crippen LogP contribution in [0.5, 0.6) is 0 Å². The van der Waals surface area contributed by atoms with Gasteiger partial charge < -0.3 is 0 Å². The third-order valence-corrected chi connectivity index (χ3v) is 5.89. The minimum Gasteiger partial charge on any atom is -0.133 e. The zero-order valence-electron chi connectivity index (χ0n) is 13.5. The summed E-state index contributed by atoms with van der Waals surface area (Å²) in [6.45, 7) is 6.93. The summed E-state index contributed by atoms with van der Waals surface area (Å²) in [5.41, 5.74) is 1.62. The lowest BCUT2D eigenvalue weighted by Gasteiger charge is -2.14. The van der Waals surface area contributed by atoms with Gasteiger partial charge in [0.05, 0.1) is 3.79 Å². The first-order valence-corrected chi connectivity index (χ1v) is 10.1. The van der Waals surface area contributed by atoms with Crippen molar-refractivity contribution >= 4 is 27.3 Å². The van der Waals surface area contributed by atoms with Crippen molar-refractivity contribution in [3.63, 3.8) is 0 Å². The first-order chi connectivity index (χ1) is 9.71. The summed E-state index contributed by atoms with van der Waals surface area (Å²) in [6.07, 6.45) is 13.5. The van der Waals surface area contributed by atoms with Gasteiger partial charge in [-0.1, -0.05) is 65.7 Å². The molecule has 0 aliphatic heterocycles. The highest BCUT2D eigenvalue weighted by Gasteiger charge is 2.13. The van der Waals surface area contributed by atoms with Gasteiger partial charge in [-0.2, -0.15) is 0 Å². The quantitative estimate of drug-likeness (QED) is 0.361. The molecule has 0 saturated heterocycles. The van der Waals surface area contributed by atoms with Crippen molar-refractivity contribution < 1.29 is 0 Å². The van der Waals surface area contributed by atoms with Crippen LogP contribution in [-0.4, -0.2) is 0 Å². The molecular weight excluding hydrogens is 328 g/mol. The summed E-state index contributed by atoms with van der Waals surface area (Å²) in [7, 11) is 0. The van der Waals surface area contributed by atoms with E-state index in [0.29, 0.717) is 0 Å². The smallest absolute Gasteiger partial charge is 0.0704 e. The summed E-state index contributed by atoms with van der Waals surface area (Å²) in [4.78, 5) is 1.65. The second-order valence-corrected chi connectivity index (χ2v) is 8.45. The molecule has 0 spiro atoms. The van der Waals surface area contributed by atoms with E-state index in [2.05, 4.69) is 42.8 Å². The van der Waals surface area contributed by atoms with Gasteiger partial charge in [0.1, 0.15) is 0 Å². The van der Waals surface area contributed by atoms with E-state index in [4.69, 9.17) is 0 Å². The first-order valence-electron chi connectivity index (χ1n) is 8.48. The van der Waals surface area contributed by atoms with Crippen LogP contribution in [0.3, 0.4) is 0 Å². The van der Waals surface area contributed by atoms with E-state index >= 15 is 0 Å². The topological polar surface area (TPSA) is 0 Å². The van der Waals surface area contributed by atoms with E-state index in [9.17, 15) is 0 Å². The molecule has 0 radical (unpaired) electrons. The molecule has 0 aromatic carbocycles. The van der Waals surface area contributed by atoms with E-state index in [-0.39, 0.29) is 0 Å². The number of aryl methyl sites for hydroxylation is 1. The molecule has 0 saturated carbocycles. The van der Waals surface area contributed by atoms with Crippen LogP contribution in [0.2, 0.25) is 0 Å². The van der Waals surface area contributed by atoms with E-state index in [1.807, 2.05) is 11.3 Å². The summed E-state index contributed by atoms with van der Waals surface area (Å²) >= 11 is 5.66. The highest BCUT2D eigenvalue weighted by molar-refractivity contribution is 9.11. The average molecular weight is 359 g/mol. The summed E-state index contributed by atoms with van der Waals surface area (Å²) in [5, 5.41) is 0. The lowest BCUT2D eigenvalue weighted by Crippen LogP contribution is -2.04.